The van der Waals surface area contributed by atoms with Crippen LogP contribution in [0.25, 0.3) is 0 Å². The summed E-state index contributed by atoms with van der Waals surface area (Å²) < 4.78 is 0. The Morgan fingerprint density at radius 2 is 1.80 bits per heavy atom. The van der Waals surface area contributed by atoms with Crippen LogP contribution in [0.3, 0.4) is 0 Å². The zero-order valence-corrected chi connectivity index (χ0v) is 10.8. The first-order valence-corrected chi connectivity index (χ1v) is 6.62. The molecule has 0 amide bonds. The lowest BCUT2D eigenvalue weighted by molar-refractivity contribution is 0.194. The molecule has 0 aliphatic heterocycles. The molecule has 1 aliphatic rings. The van der Waals surface area contributed by atoms with Crippen LogP contribution in [-0.4, -0.2) is 31.1 Å². The van der Waals surface area contributed by atoms with Crippen LogP contribution in [0.5, 0.6) is 0 Å². The summed E-state index contributed by atoms with van der Waals surface area (Å²) in [6.07, 6.45) is 5.32. The van der Waals surface area contributed by atoms with Gasteiger partial charge in [-0.2, -0.15) is 0 Å². The Kier molecular flexibility index (Phi) is 5.07. The predicted octanol–water partition coefficient (Wildman–Crippen LogP) is 2.48. The standard InChI is InChI=1S/C13H28N2/c1-4-12(5-2)9-15(6-3)11-13(10-14)7-8-13/h12H,4-11,14H2,1-3H3. The van der Waals surface area contributed by atoms with Gasteiger partial charge >= 0.3 is 0 Å². The van der Waals surface area contributed by atoms with Crippen molar-refractivity contribution in [1.29, 1.82) is 0 Å². The van der Waals surface area contributed by atoms with E-state index in [1.165, 1.54) is 45.3 Å². The van der Waals surface area contributed by atoms with E-state index in [-0.39, 0.29) is 0 Å². The molecule has 2 nitrogen and oxygen atoms in total. The van der Waals surface area contributed by atoms with E-state index in [4.69, 9.17) is 5.73 Å². The second-order valence-corrected chi connectivity index (χ2v) is 5.21. The van der Waals surface area contributed by atoms with Gasteiger partial charge in [-0.25, -0.2) is 0 Å². The Morgan fingerprint density at radius 1 is 1.20 bits per heavy atom. The molecule has 0 aromatic carbocycles. The summed E-state index contributed by atoms with van der Waals surface area (Å²) in [5, 5.41) is 0. The normalized spacial score (nSPS) is 18.8. The minimum Gasteiger partial charge on any atom is -0.330 e. The summed E-state index contributed by atoms with van der Waals surface area (Å²) in [5.74, 6) is 0.874. The Morgan fingerprint density at radius 3 is 2.13 bits per heavy atom. The topological polar surface area (TPSA) is 29.3 Å². The molecule has 0 unspecified atom stereocenters. The molecule has 1 saturated carbocycles. The molecule has 2 N–H and O–H groups in total. The fourth-order valence-corrected chi connectivity index (χ4v) is 2.30. The second-order valence-electron chi connectivity index (χ2n) is 5.21. The Hall–Kier alpha value is -0.0800. The molecule has 90 valence electrons. The predicted molar refractivity (Wildman–Crippen MR) is 66.9 cm³/mol. The lowest BCUT2D eigenvalue weighted by atomic mass is 10.0. The summed E-state index contributed by atoms with van der Waals surface area (Å²) in [6, 6.07) is 0. The van der Waals surface area contributed by atoms with Crippen LogP contribution < -0.4 is 5.73 Å². The highest BCUT2D eigenvalue weighted by atomic mass is 15.1. The Labute approximate surface area is 95.2 Å². The monoisotopic (exact) mass is 212 g/mol. The molecule has 1 aliphatic carbocycles. The van der Waals surface area contributed by atoms with Crippen LogP contribution in [0.4, 0.5) is 0 Å². The lowest BCUT2D eigenvalue weighted by Gasteiger charge is -2.28. The Balaban J connectivity index is 2.35. The average Bonchev–Trinajstić information content (AvgIpc) is 3.04. The lowest BCUT2D eigenvalue weighted by Crippen LogP contribution is -2.37. The fraction of sp³-hybridized carbons (Fsp3) is 1.00. The highest BCUT2D eigenvalue weighted by molar-refractivity contribution is 4.96. The van der Waals surface area contributed by atoms with E-state index in [9.17, 15) is 0 Å². The Bertz CT molecular complexity index is 171. The van der Waals surface area contributed by atoms with Crippen molar-refractivity contribution in [1.82, 2.24) is 4.90 Å². The van der Waals surface area contributed by atoms with Crippen LogP contribution in [0.1, 0.15) is 46.5 Å². The molecule has 15 heavy (non-hydrogen) atoms. The van der Waals surface area contributed by atoms with Gasteiger partial charge in [-0.15, -0.1) is 0 Å². The third-order valence-corrected chi connectivity index (χ3v) is 4.07. The second kappa shape index (κ2) is 5.86. The largest absolute Gasteiger partial charge is 0.330 e. The average molecular weight is 212 g/mol. The van der Waals surface area contributed by atoms with E-state index in [0.29, 0.717) is 5.41 Å². The van der Waals surface area contributed by atoms with Gasteiger partial charge in [-0.1, -0.05) is 33.6 Å². The van der Waals surface area contributed by atoms with Crippen LogP contribution in [-0.2, 0) is 0 Å². The molecule has 0 heterocycles. The molecular formula is C13H28N2. The molecule has 1 rings (SSSR count). The van der Waals surface area contributed by atoms with E-state index in [0.717, 1.165) is 12.5 Å². The fourth-order valence-electron chi connectivity index (χ4n) is 2.30. The smallest absolute Gasteiger partial charge is 0.00501 e. The van der Waals surface area contributed by atoms with Gasteiger partial charge in [0.2, 0.25) is 0 Å². The molecule has 0 bridgehead atoms. The minimum atomic E-state index is 0.502. The van der Waals surface area contributed by atoms with Crippen LogP contribution in [0.15, 0.2) is 0 Å². The van der Waals surface area contributed by atoms with Crippen molar-refractivity contribution in [2.45, 2.75) is 46.5 Å². The summed E-state index contributed by atoms with van der Waals surface area (Å²) in [7, 11) is 0. The molecular weight excluding hydrogens is 184 g/mol. The maximum absolute atomic E-state index is 5.84. The van der Waals surface area contributed by atoms with Crippen molar-refractivity contribution in [3.8, 4) is 0 Å². The van der Waals surface area contributed by atoms with Crippen LogP contribution in [0, 0.1) is 11.3 Å². The van der Waals surface area contributed by atoms with E-state index >= 15 is 0 Å². The summed E-state index contributed by atoms with van der Waals surface area (Å²) in [6.45, 7) is 11.4. The third-order valence-electron chi connectivity index (χ3n) is 4.07. The van der Waals surface area contributed by atoms with Crippen molar-refractivity contribution < 1.29 is 0 Å². The molecule has 0 saturated heterocycles. The highest BCUT2D eigenvalue weighted by Crippen LogP contribution is 2.45. The summed E-state index contributed by atoms with van der Waals surface area (Å²) in [5.41, 5.74) is 6.34. The molecule has 1 fully saturated rings. The van der Waals surface area contributed by atoms with Gasteiger partial charge in [0.1, 0.15) is 0 Å². The number of rotatable bonds is 8. The van der Waals surface area contributed by atoms with Crippen molar-refractivity contribution >= 4 is 0 Å². The quantitative estimate of drug-likeness (QED) is 0.670. The first-order chi connectivity index (χ1) is 7.19. The van der Waals surface area contributed by atoms with Gasteiger partial charge in [-0.05, 0) is 37.3 Å². The van der Waals surface area contributed by atoms with Crippen molar-refractivity contribution in [2.24, 2.45) is 17.1 Å². The highest BCUT2D eigenvalue weighted by Gasteiger charge is 2.42. The van der Waals surface area contributed by atoms with Gasteiger partial charge in [0.05, 0.1) is 0 Å². The molecule has 0 spiro atoms. The number of hydrogen-bond acceptors (Lipinski definition) is 2. The van der Waals surface area contributed by atoms with Crippen molar-refractivity contribution in [3.05, 3.63) is 0 Å². The summed E-state index contributed by atoms with van der Waals surface area (Å²) in [4.78, 5) is 2.61. The molecule has 0 radical (unpaired) electrons. The van der Waals surface area contributed by atoms with Crippen molar-refractivity contribution in [3.63, 3.8) is 0 Å². The zero-order valence-electron chi connectivity index (χ0n) is 10.8. The van der Waals surface area contributed by atoms with E-state index in [1.807, 2.05) is 0 Å². The zero-order chi connectivity index (χ0) is 11.3. The number of hydrogen-bond donors (Lipinski definition) is 1. The van der Waals surface area contributed by atoms with E-state index < -0.39 is 0 Å². The van der Waals surface area contributed by atoms with E-state index in [2.05, 4.69) is 25.7 Å². The number of nitrogens with zero attached hydrogens (tertiary/aromatic N) is 1. The first kappa shape index (κ1) is 13.0. The van der Waals surface area contributed by atoms with Gasteiger partial charge in [0, 0.05) is 13.1 Å². The van der Waals surface area contributed by atoms with E-state index in [1.54, 1.807) is 0 Å². The summed E-state index contributed by atoms with van der Waals surface area (Å²) >= 11 is 0. The van der Waals surface area contributed by atoms with Crippen LogP contribution in [0.2, 0.25) is 0 Å². The SMILES string of the molecule is CCC(CC)CN(CC)CC1(CN)CC1. The molecule has 0 aromatic rings. The van der Waals surface area contributed by atoms with Crippen LogP contribution >= 0.6 is 0 Å². The first-order valence-electron chi connectivity index (χ1n) is 6.62. The third kappa shape index (κ3) is 3.76. The molecule has 2 heteroatoms. The minimum absolute atomic E-state index is 0.502. The maximum atomic E-state index is 5.84. The molecule has 0 atom stereocenters. The van der Waals surface area contributed by atoms with Crippen molar-refractivity contribution in [2.75, 3.05) is 26.2 Å². The van der Waals surface area contributed by atoms with Gasteiger partial charge < -0.3 is 10.6 Å². The number of nitrogens with two attached hydrogens (primary N) is 1. The maximum Gasteiger partial charge on any atom is 0.00501 e. The van der Waals surface area contributed by atoms with Gasteiger partial charge in [0.15, 0.2) is 0 Å². The van der Waals surface area contributed by atoms with Gasteiger partial charge in [-0.3, -0.25) is 0 Å². The molecule has 0 aromatic heterocycles. The van der Waals surface area contributed by atoms with Gasteiger partial charge in [0.25, 0.3) is 0 Å².